The molecule has 0 saturated heterocycles. The quantitative estimate of drug-likeness (QED) is 0.363. The third kappa shape index (κ3) is 5.68. The van der Waals surface area contributed by atoms with E-state index in [1.54, 1.807) is 51.9 Å². The van der Waals surface area contributed by atoms with Crippen LogP contribution in [0.4, 0.5) is 24.8 Å². The number of alkyl halides is 3. The molecule has 0 bridgehead atoms. The SMILES string of the molecule is Cc1ccc(C(=O)Nc2cc(C(F)(F)F)cc(N(C)CC(C)C)n2)cc1-n1cc(-c2cnn(C)c2C)nn1. The van der Waals surface area contributed by atoms with Crippen molar-refractivity contribution in [3.63, 3.8) is 0 Å². The van der Waals surface area contributed by atoms with Gasteiger partial charge in [0.1, 0.15) is 17.3 Å². The van der Waals surface area contributed by atoms with Crippen LogP contribution in [0.15, 0.2) is 42.7 Å². The number of anilines is 2. The van der Waals surface area contributed by atoms with E-state index in [1.165, 1.54) is 0 Å². The lowest BCUT2D eigenvalue weighted by atomic mass is 10.1. The van der Waals surface area contributed by atoms with Gasteiger partial charge < -0.3 is 10.2 Å². The van der Waals surface area contributed by atoms with Crippen LogP contribution in [-0.2, 0) is 13.2 Å². The Morgan fingerprint density at radius 1 is 1.16 bits per heavy atom. The fourth-order valence-corrected chi connectivity index (χ4v) is 4.02. The number of hydrogen-bond donors (Lipinski definition) is 1. The van der Waals surface area contributed by atoms with Crippen molar-refractivity contribution >= 4 is 17.5 Å². The first kappa shape index (κ1) is 26.8. The van der Waals surface area contributed by atoms with Crippen LogP contribution in [0.25, 0.3) is 16.9 Å². The lowest BCUT2D eigenvalue weighted by Crippen LogP contribution is -2.25. The molecule has 38 heavy (non-hydrogen) atoms. The van der Waals surface area contributed by atoms with E-state index in [-0.39, 0.29) is 23.1 Å². The maximum atomic E-state index is 13.6. The van der Waals surface area contributed by atoms with Gasteiger partial charge in [-0.15, -0.1) is 5.10 Å². The molecule has 0 radical (unpaired) electrons. The fourth-order valence-electron chi connectivity index (χ4n) is 4.02. The van der Waals surface area contributed by atoms with Gasteiger partial charge in [-0.1, -0.05) is 25.1 Å². The molecule has 0 aliphatic heterocycles. The molecule has 1 aromatic carbocycles. The zero-order valence-electron chi connectivity index (χ0n) is 22.0. The minimum atomic E-state index is -4.59. The first-order valence-corrected chi connectivity index (χ1v) is 12.0. The molecule has 0 aliphatic rings. The molecule has 3 heterocycles. The number of carbonyl (C=O) groups excluding carboxylic acids is 1. The topological polar surface area (TPSA) is 93.8 Å². The Balaban J connectivity index is 1.63. The molecule has 0 saturated carbocycles. The van der Waals surface area contributed by atoms with E-state index in [0.29, 0.717) is 17.9 Å². The largest absolute Gasteiger partial charge is 0.416 e. The molecule has 200 valence electrons. The third-order valence-corrected chi connectivity index (χ3v) is 6.13. The number of halogens is 3. The van der Waals surface area contributed by atoms with Crippen molar-refractivity contribution in [2.45, 2.75) is 33.9 Å². The first-order valence-electron chi connectivity index (χ1n) is 12.0. The molecule has 0 fully saturated rings. The summed E-state index contributed by atoms with van der Waals surface area (Å²) in [5.41, 5.74) is 3.16. The van der Waals surface area contributed by atoms with Crippen LogP contribution in [0.1, 0.15) is 41.0 Å². The van der Waals surface area contributed by atoms with E-state index in [9.17, 15) is 18.0 Å². The monoisotopic (exact) mass is 526 g/mol. The number of rotatable bonds is 7. The number of amides is 1. The summed E-state index contributed by atoms with van der Waals surface area (Å²) in [6.07, 6.45) is -1.15. The van der Waals surface area contributed by atoms with Crippen molar-refractivity contribution in [2.75, 3.05) is 23.8 Å². The van der Waals surface area contributed by atoms with Gasteiger partial charge in [-0.05, 0) is 49.6 Å². The second-order valence-corrected chi connectivity index (χ2v) is 9.64. The molecule has 0 atom stereocenters. The molecule has 3 aromatic heterocycles. The van der Waals surface area contributed by atoms with Crippen molar-refractivity contribution in [3.05, 3.63) is 65.1 Å². The van der Waals surface area contributed by atoms with Crippen molar-refractivity contribution in [3.8, 4) is 16.9 Å². The van der Waals surface area contributed by atoms with Crippen LogP contribution >= 0.6 is 0 Å². The number of aromatic nitrogens is 6. The van der Waals surface area contributed by atoms with Gasteiger partial charge in [0.15, 0.2) is 0 Å². The zero-order valence-corrected chi connectivity index (χ0v) is 22.0. The maximum absolute atomic E-state index is 13.6. The van der Waals surface area contributed by atoms with Crippen LogP contribution in [-0.4, -0.2) is 49.3 Å². The van der Waals surface area contributed by atoms with Gasteiger partial charge in [0, 0.05) is 37.5 Å². The average molecular weight is 527 g/mol. The minimum absolute atomic E-state index is 0.120. The molecular formula is C26H29F3N8O. The van der Waals surface area contributed by atoms with Gasteiger partial charge >= 0.3 is 6.18 Å². The van der Waals surface area contributed by atoms with E-state index in [4.69, 9.17) is 0 Å². The molecule has 1 amide bonds. The fraction of sp³-hybridized carbons (Fsp3) is 0.346. The van der Waals surface area contributed by atoms with E-state index in [2.05, 4.69) is 25.7 Å². The Labute approximate surface area is 218 Å². The Kier molecular flexibility index (Phi) is 7.25. The summed E-state index contributed by atoms with van der Waals surface area (Å²) >= 11 is 0. The summed E-state index contributed by atoms with van der Waals surface area (Å²) in [5.74, 6) is -0.458. The molecule has 0 aliphatic carbocycles. The smallest absolute Gasteiger partial charge is 0.359 e. The highest BCUT2D eigenvalue weighted by Crippen LogP contribution is 2.33. The highest BCUT2D eigenvalue weighted by molar-refractivity contribution is 6.04. The van der Waals surface area contributed by atoms with Crippen molar-refractivity contribution in [1.29, 1.82) is 0 Å². The van der Waals surface area contributed by atoms with Gasteiger partial charge in [0.05, 0.1) is 23.6 Å². The average Bonchev–Trinajstić information content (AvgIpc) is 3.45. The summed E-state index contributed by atoms with van der Waals surface area (Å²) in [4.78, 5) is 19.0. The van der Waals surface area contributed by atoms with Crippen molar-refractivity contribution < 1.29 is 18.0 Å². The number of aryl methyl sites for hydroxylation is 2. The Hall–Kier alpha value is -4.22. The second-order valence-electron chi connectivity index (χ2n) is 9.64. The van der Waals surface area contributed by atoms with Gasteiger partial charge in [0.2, 0.25) is 0 Å². The van der Waals surface area contributed by atoms with Crippen LogP contribution in [0.3, 0.4) is 0 Å². The van der Waals surface area contributed by atoms with Crippen molar-refractivity contribution in [1.82, 2.24) is 29.8 Å². The molecule has 4 aromatic rings. The summed E-state index contributed by atoms with van der Waals surface area (Å²) in [7, 11) is 3.50. The predicted molar refractivity (Wildman–Crippen MR) is 138 cm³/mol. The van der Waals surface area contributed by atoms with Gasteiger partial charge in [-0.2, -0.15) is 18.3 Å². The number of pyridine rings is 1. The normalized spacial score (nSPS) is 11.7. The molecule has 0 spiro atoms. The summed E-state index contributed by atoms with van der Waals surface area (Å²) in [6, 6.07) is 6.76. The van der Waals surface area contributed by atoms with E-state index >= 15 is 0 Å². The first-order chi connectivity index (χ1) is 17.8. The highest BCUT2D eigenvalue weighted by atomic mass is 19.4. The zero-order chi connectivity index (χ0) is 27.8. The summed E-state index contributed by atoms with van der Waals surface area (Å²) < 4.78 is 44.1. The number of nitrogens with one attached hydrogen (secondary N) is 1. The predicted octanol–water partition coefficient (Wildman–Crippen LogP) is 5.04. The molecule has 1 N–H and O–H groups in total. The number of carbonyl (C=O) groups is 1. The lowest BCUT2D eigenvalue weighted by molar-refractivity contribution is -0.137. The minimum Gasteiger partial charge on any atom is -0.359 e. The molecule has 12 heteroatoms. The standard InChI is InChI=1S/C26H29F3N8O/c1-15(2)13-35(5)24-11-19(26(27,28)29)10-23(31-24)32-25(38)18-8-7-16(3)22(9-18)37-14-21(33-34-37)20-12-30-36(6)17(20)4/h7-12,14-15H,13H2,1-6H3,(H,31,32,38). The third-order valence-electron chi connectivity index (χ3n) is 6.13. The highest BCUT2D eigenvalue weighted by Gasteiger charge is 2.32. The van der Waals surface area contributed by atoms with Crippen LogP contribution < -0.4 is 10.2 Å². The molecular weight excluding hydrogens is 497 g/mol. The van der Waals surface area contributed by atoms with Gasteiger partial charge in [0.25, 0.3) is 5.91 Å². The summed E-state index contributed by atoms with van der Waals surface area (Å²) in [5, 5.41) is 15.2. The van der Waals surface area contributed by atoms with Crippen molar-refractivity contribution in [2.24, 2.45) is 13.0 Å². The Morgan fingerprint density at radius 2 is 1.89 bits per heavy atom. The number of nitrogens with zero attached hydrogens (tertiary/aromatic N) is 7. The summed E-state index contributed by atoms with van der Waals surface area (Å²) in [6.45, 7) is 8.20. The van der Waals surface area contributed by atoms with Gasteiger partial charge in [-0.25, -0.2) is 9.67 Å². The number of hydrogen-bond acceptors (Lipinski definition) is 6. The molecule has 4 rings (SSSR count). The molecule has 9 nitrogen and oxygen atoms in total. The van der Waals surface area contributed by atoms with Crippen LogP contribution in [0.2, 0.25) is 0 Å². The van der Waals surface area contributed by atoms with E-state index < -0.39 is 17.6 Å². The second kappa shape index (κ2) is 10.3. The molecule has 0 unspecified atom stereocenters. The van der Waals surface area contributed by atoms with Gasteiger partial charge in [-0.3, -0.25) is 9.48 Å². The lowest BCUT2D eigenvalue weighted by Gasteiger charge is -2.22. The van der Waals surface area contributed by atoms with E-state index in [1.807, 2.05) is 34.7 Å². The maximum Gasteiger partial charge on any atom is 0.416 e. The van der Waals surface area contributed by atoms with Crippen LogP contribution in [0.5, 0.6) is 0 Å². The Bertz CT molecular complexity index is 1470. The van der Waals surface area contributed by atoms with E-state index in [0.717, 1.165) is 29.0 Å². The Morgan fingerprint density at radius 3 is 2.53 bits per heavy atom. The number of benzene rings is 1. The van der Waals surface area contributed by atoms with Crippen LogP contribution in [0, 0.1) is 19.8 Å².